The van der Waals surface area contributed by atoms with Gasteiger partial charge < -0.3 is 24.2 Å². The largest absolute Gasteiger partial charge is 0.497 e. The smallest absolute Gasteiger partial charge is 0.265 e. The van der Waals surface area contributed by atoms with Gasteiger partial charge in [0.25, 0.3) is 5.91 Å². The Morgan fingerprint density at radius 3 is 2.42 bits per heavy atom. The number of carbonyl (C=O) groups is 3. The van der Waals surface area contributed by atoms with E-state index < -0.39 is 0 Å². The zero-order valence-electron chi connectivity index (χ0n) is 19.1. The van der Waals surface area contributed by atoms with E-state index in [2.05, 4.69) is 4.90 Å². The maximum atomic E-state index is 12.8. The molecule has 0 spiro atoms. The fourth-order valence-corrected chi connectivity index (χ4v) is 4.22. The zero-order valence-corrected chi connectivity index (χ0v) is 19.1. The normalized spacial score (nSPS) is 15.7. The summed E-state index contributed by atoms with van der Waals surface area (Å²) in [5.41, 5.74) is 2.25. The van der Waals surface area contributed by atoms with E-state index in [9.17, 15) is 14.4 Å². The van der Waals surface area contributed by atoms with Gasteiger partial charge in [0.05, 0.1) is 12.8 Å². The molecule has 2 aromatic rings. The van der Waals surface area contributed by atoms with Crippen LogP contribution in [-0.2, 0) is 9.59 Å². The minimum Gasteiger partial charge on any atom is -0.497 e. The van der Waals surface area contributed by atoms with Gasteiger partial charge in [0, 0.05) is 50.4 Å². The molecule has 2 amide bonds. The monoisotopic (exact) mass is 451 g/mol. The number of piperazine rings is 1. The van der Waals surface area contributed by atoms with Crippen molar-refractivity contribution in [3.8, 4) is 11.5 Å². The van der Waals surface area contributed by atoms with Gasteiger partial charge >= 0.3 is 0 Å². The quantitative estimate of drug-likeness (QED) is 0.603. The molecule has 0 atom stereocenters. The van der Waals surface area contributed by atoms with E-state index in [-0.39, 0.29) is 24.2 Å². The molecule has 2 heterocycles. The van der Waals surface area contributed by atoms with Gasteiger partial charge in [0.15, 0.2) is 12.4 Å². The van der Waals surface area contributed by atoms with Crippen molar-refractivity contribution in [2.45, 2.75) is 19.8 Å². The number of ether oxygens (including phenoxy) is 2. The zero-order chi connectivity index (χ0) is 23.4. The molecule has 0 radical (unpaired) electrons. The average Bonchev–Trinajstić information content (AvgIpc) is 2.85. The molecule has 0 N–H and O–H groups in total. The van der Waals surface area contributed by atoms with Crippen molar-refractivity contribution >= 4 is 29.0 Å². The Bertz CT molecular complexity index is 1030. The fraction of sp³-hybridized carbons (Fsp3) is 0.400. The number of rotatable bonds is 7. The first-order chi connectivity index (χ1) is 16.0. The number of carbonyl (C=O) groups excluding carboxylic acids is 3. The molecule has 2 aliphatic rings. The molecule has 1 saturated heterocycles. The maximum Gasteiger partial charge on any atom is 0.265 e. The maximum absolute atomic E-state index is 12.8. The molecule has 33 heavy (non-hydrogen) atoms. The minimum absolute atomic E-state index is 0.0340. The van der Waals surface area contributed by atoms with Gasteiger partial charge in [-0.15, -0.1) is 0 Å². The van der Waals surface area contributed by atoms with Crippen LogP contribution in [0.2, 0.25) is 0 Å². The van der Waals surface area contributed by atoms with Gasteiger partial charge in [-0.1, -0.05) is 0 Å². The molecular formula is C25H29N3O5. The van der Waals surface area contributed by atoms with Crippen molar-refractivity contribution in [2.75, 3.05) is 56.2 Å². The number of nitrogens with zero attached hydrogens (tertiary/aromatic N) is 3. The van der Waals surface area contributed by atoms with Crippen LogP contribution in [0.4, 0.5) is 11.4 Å². The number of hydrogen-bond donors (Lipinski definition) is 0. The molecule has 1 fully saturated rings. The van der Waals surface area contributed by atoms with Gasteiger partial charge in [-0.05, 0) is 55.8 Å². The first-order valence-electron chi connectivity index (χ1n) is 11.2. The molecule has 0 bridgehead atoms. The summed E-state index contributed by atoms with van der Waals surface area (Å²) in [5, 5.41) is 0. The Labute approximate surface area is 193 Å². The van der Waals surface area contributed by atoms with Crippen LogP contribution in [-0.4, -0.2) is 68.9 Å². The van der Waals surface area contributed by atoms with Gasteiger partial charge in [0.1, 0.15) is 11.5 Å². The van der Waals surface area contributed by atoms with Crippen LogP contribution in [0.1, 0.15) is 30.1 Å². The third-order valence-electron chi connectivity index (χ3n) is 6.15. The Hall–Kier alpha value is -3.55. The lowest BCUT2D eigenvalue weighted by Gasteiger charge is -2.36. The van der Waals surface area contributed by atoms with Crippen LogP contribution in [0, 0.1) is 0 Å². The second kappa shape index (κ2) is 9.94. The lowest BCUT2D eigenvalue weighted by Crippen LogP contribution is -2.49. The van der Waals surface area contributed by atoms with Crippen LogP contribution in [0.5, 0.6) is 11.5 Å². The van der Waals surface area contributed by atoms with E-state index in [4.69, 9.17) is 9.47 Å². The first kappa shape index (κ1) is 22.6. The Morgan fingerprint density at radius 2 is 1.76 bits per heavy atom. The molecule has 0 aliphatic carbocycles. The summed E-state index contributed by atoms with van der Waals surface area (Å²) in [5.74, 6) is 1.28. The predicted molar refractivity (Wildman–Crippen MR) is 125 cm³/mol. The van der Waals surface area contributed by atoms with Crippen molar-refractivity contribution in [1.29, 1.82) is 0 Å². The molecule has 2 aliphatic heterocycles. The highest BCUT2D eigenvalue weighted by Gasteiger charge is 2.27. The highest BCUT2D eigenvalue weighted by molar-refractivity contribution is 6.01. The average molecular weight is 452 g/mol. The molecule has 2 aromatic carbocycles. The van der Waals surface area contributed by atoms with Gasteiger partial charge in [-0.3, -0.25) is 14.4 Å². The third kappa shape index (κ3) is 5.10. The number of anilines is 2. The summed E-state index contributed by atoms with van der Waals surface area (Å²) in [6, 6.07) is 13.1. The van der Waals surface area contributed by atoms with Crippen molar-refractivity contribution in [2.24, 2.45) is 0 Å². The molecule has 0 saturated carbocycles. The van der Waals surface area contributed by atoms with E-state index >= 15 is 0 Å². The van der Waals surface area contributed by atoms with E-state index in [0.29, 0.717) is 49.5 Å². The van der Waals surface area contributed by atoms with E-state index in [1.807, 2.05) is 29.2 Å². The molecule has 0 unspecified atom stereocenters. The Balaban J connectivity index is 1.29. The molecule has 174 valence electrons. The van der Waals surface area contributed by atoms with Crippen LogP contribution < -0.4 is 19.3 Å². The Morgan fingerprint density at radius 1 is 1.03 bits per heavy atom. The van der Waals surface area contributed by atoms with Crippen LogP contribution >= 0.6 is 0 Å². The minimum atomic E-state index is -0.163. The summed E-state index contributed by atoms with van der Waals surface area (Å²) < 4.78 is 10.7. The number of hydrogen-bond acceptors (Lipinski definition) is 6. The topological polar surface area (TPSA) is 79.4 Å². The Kier molecular flexibility index (Phi) is 6.82. The number of benzene rings is 2. The van der Waals surface area contributed by atoms with Crippen LogP contribution in [0.15, 0.2) is 42.5 Å². The van der Waals surface area contributed by atoms with E-state index in [1.54, 1.807) is 30.2 Å². The van der Waals surface area contributed by atoms with Crippen molar-refractivity contribution in [3.05, 3.63) is 48.0 Å². The number of Topliss-reactive ketones (excluding diaryl/α,β-unsaturated/α-hetero) is 1. The van der Waals surface area contributed by atoms with Crippen molar-refractivity contribution in [3.63, 3.8) is 0 Å². The molecule has 8 nitrogen and oxygen atoms in total. The summed E-state index contributed by atoms with van der Waals surface area (Å²) in [6.07, 6.45) is 0.919. The summed E-state index contributed by atoms with van der Waals surface area (Å²) >= 11 is 0. The SMILES string of the molecule is COc1ccc(N2CCN(C(=O)CCCN3C(=O)COc4ccc(C(C)=O)cc43)CC2)cc1. The van der Waals surface area contributed by atoms with E-state index in [1.165, 1.54) is 6.92 Å². The second-order valence-corrected chi connectivity index (χ2v) is 8.24. The van der Waals surface area contributed by atoms with Gasteiger partial charge in [0.2, 0.25) is 5.91 Å². The van der Waals surface area contributed by atoms with Crippen LogP contribution in [0.25, 0.3) is 0 Å². The third-order valence-corrected chi connectivity index (χ3v) is 6.15. The first-order valence-corrected chi connectivity index (χ1v) is 11.2. The highest BCUT2D eigenvalue weighted by Crippen LogP contribution is 2.33. The van der Waals surface area contributed by atoms with Gasteiger partial charge in [-0.25, -0.2) is 0 Å². The number of amides is 2. The molecule has 0 aromatic heterocycles. The lowest BCUT2D eigenvalue weighted by molar-refractivity contribution is -0.131. The number of methoxy groups -OCH3 is 1. The van der Waals surface area contributed by atoms with Crippen molar-refractivity contribution in [1.82, 2.24) is 4.90 Å². The molecule has 4 rings (SSSR count). The predicted octanol–water partition coefficient (Wildman–Crippen LogP) is 2.75. The lowest BCUT2D eigenvalue weighted by atomic mass is 10.1. The van der Waals surface area contributed by atoms with Crippen LogP contribution in [0.3, 0.4) is 0 Å². The molecular weight excluding hydrogens is 422 g/mol. The van der Waals surface area contributed by atoms with E-state index in [0.717, 1.165) is 24.5 Å². The van der Waals surface area contributed by atoms with Crippen molar-refractivity contribution < 1.29 is 23.9 Å². The second-order valence-electron chi connectivity index (χ2n) is 8.24. The summed E-state index contributed by atoms with van der Waals surface area (Å²) in [6.45, 7) is 4.77. The van der Waals surface area contributed by atoms with Gasteiger partial charge in [-0.2, -0.15) is 0 Å². The summed E-state index contributed by atoms with van der Waals surface area (Å²) in [7, 11) is 1.65. The molecule has 8 heteroatoms. The number of ketones is 1. The standard InChI is InChI=1S/C25H29N3O5/c1-18(29)19-5-10-23-22(16-19)28(25(31)17-33-23)11-3-4-24(30)27-14-12-26(13-15-27)20-6-8-21(32-2)9-7-20/h5-10,16H,3-4,11-15,17H2,1-2H3. The number of fused-ring (bicyclic) bond motifs is 1. The summed E-state index contributed by atoms with van der Waals surface area (Å²) in [4.78, 5) is 42.7. The highest BCUT2D eigenvalue weighted by atomic mass is 16.5. The fourth-order valence-electron chi connectivity index (χ4n) is 4.22.